The average Bonchev–Trinajstić information content (AvgIpc) is 2.58. The van der Waals surface area contributed by atoms with Gasteiger partial charge in [0.25, 0.3) is 0 Å². The quantitative estimate of drug-likeness (QED) is 0.822. The molecular formula is C21H27NO5. The van der Waals surface area contributed by atoms with Gasteiger partial charge in [0.2, 0.25) is 0 Å². The molecule has 1 unspecified atom stereocenters. The van der Waals surface area contributed by atoms with Crippen LogP contribution in [0.3, 0.4) is 0 Å². The molecule has 27 heavy (non-hydrogen) atoms. The van der Waals surface area contributed by atoms with Gasteiger partial charge in [0.15, 0.2) is 5.78 Å². The smallest absolute Gasteiger partial charge is 0.336 e. The number of methoxy groups -OCH3 is 2. The molecule has 146 valence electrons. The molecule has 6 heteroatoms. The van der Waals surface area contributed by atoms with Crippen molar-refractivity contribution in [3.63, 3.8) is 0 Å². The third-order valence-electron chi connectivity index (χ3n) is 5.07. The molecule has 2 aliphatic rings. The van der Waals surface area contributed by atoms with Crippen LogP contribution in [0.2, 0.25) is 0 Å². The minimum Gasteiger partial charge on any atom is -0.497 e. The van der Waals surface area contributed by atoms with Crippen molar-refractivity contribution in [1.82, 2.24) is 5.32 Å². The first kappa shape index (κ1) is 20.7. The number of esters is 1. The van der Waals surface area contributed by atoms with Crippen LogP contribution in [0.15, 0.2) is 46.8 Å². The second-order valence-electron chi connectivity index (χ2n) is 7.70. The monoisotopic (exact) mass is 373 g/mol. The van der Waals surface area contributed by atoms with Crippen molar-refractivity contribution in [2.45, 2.75) is 39.5 Å². The number of ketones is 1. The van der Waals surface area contributed by atoms with E-state index in [4.69, 9.17) is 9.47 Å². The van der Waals surface area contributed by atoms with Crippen LogP contribution in [0.1, 0.15) is 45.1 Å². The molecule has 0 amide bonds. The van der Waals surface area contributed by atoms with Gasteiger partial charge in [-0.2, -0.15) is 0 Å². The number of carbonyl (C=O) groups excluding carboxylic acids is 2. The molecule has 1 aliphatic carbocycles. The maximum atomic E-state index is 13.0. The van der Waals surface area contributed by atoms with Crippen molar-refractivity contribution in [2.24, 2.45) is 5.41 Å². The molecule has 0 aromatic heterocycles. The Morgan fingerprint density at radius 3 is 2.56 bits per heavy atom. The summed E-state index contributed by atoms with van der Waals surface area (Å²) in [4.78, 5) is 25.6. The summed E-state index contributed by atoms with van der Waals surface area (Å²) in [5, 5.41) is 3.30. The third kappa shape index (κ3) is 3.76. The van der Waals surface area contributed by atoms with Gasteiger partial charge >= 0.3 is 5.97 Å². The summed E-state index contributed by atoms with van der Waals surface area (Å²) in [6, 6.07) is 7.52. The van der Waals surface area contributed by atoms with Crippen molar-refractivity contribution in [2.75, 3.05) is 14.2 Å². The molecule has 0 saturated carbocycles. The van der Waals surface area contributed by atoms with E-state index in [1.807, 2.05) is 31.2 Å². The maximum absolute atomic E-state index is 13.0. The molecule has 6 nitrogen and oxygen atoms in total. The van der Waals surface area contributed by atoms with Crippen LogP contribution in [-0.4, -0.2) is 31.4 Å². The first-order valence-corrected chi connectivity index (χ1v) is 8.73. The van der Waals surface area contributed by atoms with Crippen LogP contribution < -0.4 is 10.1 Å². The van der Waals surface area contributed by atoms with Gasteiger partial charge in [-0.1, -0.05) is 26.0 Å². The summed E-state index contributed by atoms with van der Waals surface area (Å²) in [5.41, 5.74) is 3.53. The molecule has 1 aromatic rings. The van der Waals surface area contributed by atoms with Gasteiger partial charge in [0, 0.05) is 29.3 Å². The predicted molar refractivity (Wildman–Crippen MR) is 102 cm³/mol. The standard InChI is InChI=1S/C21H25NO4.H2O/c1-12-17(20(24)26-5)18(13-7-6-8-14(9-13)25-4)19-15(22-12)10-21(2,3)11-16(19)23;/h6-9,18,22H,10-11H2,1-5H3;1H2. The van der Waals surface area contributed by atoms with E-state index in [-0.39, 0.29) is 16.7 Å². The Hall–Kier alpha value is -2.60. The third-order valence-corrected chi connectivity index (χ3v) is 5.07. The first-order valence-electron chi connectivity index (χ1n) is 8.73. The van der Waals surface area contributed by atoms with Gasteiger partial charge in [-0.15, -0.1) is 0 Å². The highest BCUT2D eigenvalue weighted by Crippen LogP contribution is 2.47. The summed E-state index contributed by atoms with van der Waals surface area (Å²) >= 11 is 0. The SMILES string of the molecule is COC(=O)C1=C(C)NC2=C(C(=O)CC(C)(C)C2)C1c1cccc(OC)c1.O. The number of hydrogen-bond donors (Lipinski definition) is 1. The molecule has 1 atom stereocenters. The fourth-order valence-electron chi connectivity index (χ4n) is 3.97. The van der Waals surface area contributed by atoms with E-state index < -0.39 is 11.9 Å². The molecule has 0 bridgehead atoms. The number of hydrogen-bond acceptors (Lipinski definition) is 5. The molecule has 0 saturated heterocycles. The molecule has 0 radical (unpaired) electrons. The van der Waals surface area contributed by atoms with E-state index in [1.165, 1.54) is 7.11 Å². The van der Waals surface area contributed by atoms with E-state index >= 15 is 0 Å². The van der Waals surface area contributed by atoms with Crippen LogP contribution in [0.5, 0.6) is 5.75 Å². The molecule has 1 heterocycles. The van der Waals surface area contributed by atoms with E-state index in [9.17, 15) is 9.59 Å². The molecule has 1 aromatic carbocycles. The van der Waals surface area contributed by atoms with Gasteiger partial charge in [-0.3, -0.25) is 4.79 Å². The second kappa shape index (κ2) is 7.56. The fourth-order valence-corrected chi connectivity index (χ4v) is 3.97. The lowest BCUT2D eigenvalue weighted by Crippen LogP contribution is -2.38. The van der Waals surface area contributed by atoms with Crippen molar-refractivity contribution in [1.29, 1.82) is 0 Å². The topological polar surface area (TPSA) is 96.1 Å². The highest BCUT2D eigenvalue weighted by Gasteiger charge is 2.43. The average molecular weight is 373 g/mol. The molecule has 0 spiro atoms. The van der Waals surface area contributed by atoms with E-state index in [0.717, 1.165) is 23.4 Å². The number of Topliss-reactive ketones (excluding diaryl/α,β-unsaturated/α-hetero) is 1. The van der Waals surface area contributed by atoms with Crippen LogP contribution >= 0.6 is 0 Å². The largest absolute Gasteiger partial charge is 0.497 e. The van der Waals surface area contributed by atoms with Crippen LogP contribution in [0, 0.1) is 5.41 Å². The van der Waals surface area contributed by atoms with Gasteiger partial charge in [0.05, 0.1) is 19.8 Å². The highest BCUT2D eigenvalue weighted by atomic mass is 16.5. The van der Waals surface area contributed by atoms with Gasteiger partial charge in [-0.05, 0) is 36.5 Å². The number of rotatable bonds is 3. The summed E-state index contributed by atoms with van der Waals surface area (Å²) < 4.78 is 10.4. The number of nitrogens with one attached hydrogen (secondary N) is 1. The molecular weight excluding hydrogens is 346 g/mol. The first-order chi connectivity index (χ1) is 12.3. The normalized spacial score (nSPS) is 21.1. The molecule has 1 aliphatic heterocycles. The van der Waals surface area contributed by atoms with Gasteiger partial charge in [0.1, 0.15) is 5.75 Å². The van der Waals surface area contributed by atoms with Crippen LogP contribution in [0.4, 0.5) is 0 Å². The Bertz CT molecular complexity index is 835. The Labute approximate surface area is 159 Å². The minimum absolute atomic E-state index is 0. The van der Waals surface area contributed by atoms with Crippen LogP contribution in [-0.2, 0) is 14.3 Å². The van der Waals surface area contributed by atoms with Crippen molar-refractivity contribution in [3.8, 4) is 5.75 Å². The lowest BCUT2D eigenvalue weighted by Gasteiger charge is -2.39. The van der Waals surface area contributed by atoms with Crippen molar-refractivity contribution in [3.05, 3.63) is 52.4 Å². The highest BCUT2D eigenvalue weighted by molar-refractivity contribution is 6.04. The number of ether oxygens (including phenoxy) is 2. The summed E-state index contributed by atoms with van der Waals surface area (Å²) in [6.45, 7) is 6.03. The zero-order valence-electron chi connectivity index (χ0n) is 16.4. The predicted octanol–water partition coefficient (Wildman–Crippen LogP) is 2.65. The summed E-state index contributed by atoms with van der Waals surface area (Å²) in [5.74, 6) is -0.108. The summed E-state index contributed by atoms with van der Waals surface area (Å²) in [6.07, 6.45) is 1.22. The van der Waals surface area contributed by atoms with E-state index in [2.05, 4.69) is 19.2 Å². The lowest BCUT2D eigenvalue weighted by molar-refractivity contribution is -0.136. The Morgan fingerprint density at radius 2 is 1.93 bits per heavy atom. The van der Waals surface area contributed by atoms with E-state index in [0.29, 0.717) is 23.3 Å². The zero-order valence-corrected chi connectivity index (χ0v) is 16.4. The lowest BCUT2D eigenvalue weighted by atomic mass is 9.68. The second-order valence-corrected chi connectivity index (χ2v) is 7.70. The zero-order chi connectivity index (χ0) is 19.1. The fraction of sp³-hybridized carbons (Fsp3) is 0.429. The number of carbonyl (C=O) groups is 2. The number of benzene rings is 1. The number of allylic oxidation sites excluding steroid dienone is 3. The van der Waals surface area contributed by atoms with Crippen molar-refractivity contribution < 1.29 is 24.5 Å². The Morgan fingerprint density at radius 1 is 1.22 bits per heavy atom. The van der Waals surface area contributed by atoms with Crippen molar-refractivity contribution >= 4 is 11.8 Å². The Balaban J connectivity index is 0.00000261. The minimum atomic E-state index is -0.447. The number of dihydropyridines is 1. The van der Waals surface area contributed by atoms with Gasteiger partial charge in [-0.25, -0.2) is 4.79 Å². The Kier molecular flexibility index (Phi) is 5.80. The van der Waals surface area contributed by atoms with E-state index in [1.54, 1.807) is 7.11 Å². The molecule has 3 N–H and O–H groups in total. The maximum Gasteiger partial charge on any atom is 0.336 e. The van der Waals surface area contributed by atoms with Crippen LogP contribution in [0.25, 0.3) is 0 Å². The molecule has 0 fully saturated rings. The molecule has 3 rings (SSSR count). The van der Waals surface area contributed by atoms with Gasteiger partial charge < -0.3 is 20.3 Å². The summed E-state index contributed by atoms with van der Waals surface area (Å²) in [7, 11) is 2.96.